The van der Waals surface area contributed by atoms with E-state index in [1.165, 1.54) is 27.9 Å². The molecule has 1 N–H and O–H groups in total. The van der Waals surface area contributed by atoms with E-state index in [0.29, 0.717) is 5.57 Å². The second-order valence-corrected chi connectivity index (χ2v) is 8.01. The standard InChI is InChI=1S/C22H23BrN2O/c1-6-14(12-24)7-8-16-13(2)25-21-17(16)9-15-10-19(23)20(26-5)11-18(15)22(21,3)4/h6-8,10-11,25H,9H2,1-5H3/b8-7-,14-6+. The Balaban J connectivity index is 2.16. The lowest BCUT2D eigenvalue weighted by molar-refractivity contribution is 0.409. The maximum absolute atomic E-state index is 9.16. The molecule has 1 aromatic heterocycles. The molecule has 2 aromatic rings. The molecule has 26 heavy (non-hydrogen) atoms. The summed E-state index contributed by atoms with van der Waals surface area (Å²) in [5, 5.41) is 9.16. The fourth-order valence-electron chi connectivity index (χ4n) is 3.81. The van der Waals surface area contributed by atoms with Gasteiger partial charge in [0.05, 0.1) is 17.7 Å². The molecule has 1 aromatic carbocycles. The van der Waals surface area contributed by atoms with Crippen LogP contribution in [0.2, 0.25) is 0 Å². The molecule has 1 aliphatic carbocycles. The van der Waals surface area contributed by atoms with Crippen LogP contribution in [-0.2, 0) is 11.8 Å². The Morgan fingerprint density at radius 2 is 2.12 bits per heavy atom. The molecule has 1 aliphatic rings. The first-order valence-corrected chi connectivity index (χ1v) is 9.46. The molecule has 0 bridgehead atoms. The van der Waals surface area contributed by atoms with Crippen molar-refractivity contribution in [1.29, 1.82) is 5.26 Å². The molecule has 0 spiro atoms. The van der Waals surface area contributed by atoms with Crippen molar-refractivity contribution in [3.63, 3.8) is 0 Å². The van der Waals surface area contributed by atoms with E-state index >= 15 is 0 Å². The van der Waals surface area contributed by atoms with Crippen LogP contribution < -0.4 is 4.74 Å². The number of aromatic nitrogens is 1. The molecular formula is C22H23BrN2O. The van der Waals surface area contributed by atoms with E-state index in [1.807, 2.05) is 19.1 Å². The van der Waals surface area contributed by atoms with Gasteiger partial charge in [0.25, 0.3) is 0 Å². The topological polar surface area (TPSA) is 48.8 Å². The maximum atomic E-state index is 9.16. The van der Waals surface area contributed by atoms with Crippen LogP contribution in [0.25, 0.3) is 6.08 Å². The van der Waals surface area contributed by atoms with Crippen LogP contribution >= 0.6 is 15.9 Å². The van der Waals surface area contributed by atoms with E-state index in [-0.39, 0.29) is 5.41 Å². The molecule has 0 atom stereocenters. The minimum Gasteiger partial charge on any atom is -0.496 e. The third-order valence-corrected chi connectivity index (χ3v) is 5.88. The molecule has 0 amide bonds. The van der Waals surface area contributed by atoms with Gasteiger partial charge in [0, 0.05) is 28.8 Å². The van der Waals surface area contributed by atoms with Gasteiger partial charge in [0.2, 0.25) is 0 Å². The first-order valence-electron chi connectivity index (χ1n) is 8.66. The van der Waals surface area contributed by atoms with Crippen LogP contribution in [0.15, 0.2) is 34.3 Å². The minimum atomic E-state index is -0.146. The van der Waals surface area contributed by atoms with Crippen LogP contribution in [0, 0.1) is 18.3 Å². The van der Waals surface area contributed by atoms with Crippen molar-refractivity contribution < 1.29 is 4.74 Å². The number of hydrogen-bond donors (Lipinski definition) is 1. The highest BCUT2D eigenvalue weighted by molar-refractivity contribution is 9.10. The number of aryl methyl sites for hydroxylation is 1. The lowest BCUT2D eigenvalue weighted by Crippen LogP contribution is -2.27. The molecule has 3 rings (SSSR count). The number of nitriles is 1. The Labute approximate surface area is 163 Å². The van der Waals surface area contributed by atoms with Gasteiger partial charge in [-0.15, -0.1) is 0 Å². The number of ether oxygens (including phenoxy) is 1. The summed E-state index contributed by atoms with van der Waals surface area (Å²) >= 11 is 3.61. The summed E-state index contributed by atoms with van der Waals surface area (Å²) in [6.07, 6.45) is 6.64. The van der Waals surface area contributed by atoms with Gasteiger partial charge in [0.15, 0.2) is 0 Å². The number of methoxy groups -OCH3 is 1. The first kappa shape index (κ1) is 18.5. The number of hydrogen-bond acceptors (Lipinski definition) is 2. The fraction of sp³-hybridized carbons (Fsp3) is 0.318. The van der Waals surface area contributed by atoms with Crippen LogP contribution in [0.4, 0.5) is 0 Å². The summed E-state index contributed by atoms with van der Waals surface area (Å²) < 4.78 is 6.48. The largest absolute Gasteiger partial charge is 0.496 e. The van der Waals surface area contributed by atoms with E-state index in [4.69, 9.17) is 10.00 Å². The number of fused-ring (bicyclic) bond motifs is 2. The molecule has 0 fully saturated rings. The zero-order chi connectivity index (χ0) is 19.1. The number of H-pyrrole nitrogens is 1. The van der Waals surface area contributed by atoms with Crippen molar-refractivity contribution in [2.75, 3.05) is 7.11 Å². The predicted molar refractivity (Wildman–Crippen MR) is 110 cm³/mol. The number of nitrogens with zero attached hydrogens (tertiary/aromatic N) is 1. The summed E-state index contributed by atoms with van der Waals surface area (Å²) in [5.41, 5.74) is 7.97. The zero-order valence-corrected chi connectivity index (χ0v) is 17.4. The Morgan fingerprint density at radius 3 is 2.73 bits per heavy atom. The van der Waals surface area contributed by atoms with Gasteiger partial charge < -0.3 is 9.72 Å². The first-order chi connectivity index (χ1) is 12.3. The Morgan fingerprint density at radius 1 is 1.38 bits per heavy atom. The molecule has 0 saturated carbocycles. The highest BCUT2D eigenvalue weighted by Crippen LogP contribution is 2.45. The molecule has 4 heteroatoms. The van der Waals surface area contributed by atoms with E-state index in [1.54, 1.807) is 7.11 Å². The van der Waals surface area contributed by atoms with Gasteiger partial charge >= 0.3 is 0 Å². The lowest BCUT2D eigenvalue weighted by atomic mass is 9.71. The van der Waals surface area contributed by atoms with Gasteiger partial charge in [0.1, 0.15) is 5.75 Å². The van der Waals surface area contributed by atoms with Gasteiger partial charge in [-0.3, -0.25) is 0 Å². The summed E-state index contributed by atoms with van der Waals surface area (Å²) in [6, 6.07) is 6.52. The number of benzene rings is 1. The average Bonchev–Trinajstić information content (AvgIpc) is 2.92. The van der Waals surface area contributed by atoms with Crippen LogP contribution in [-0.4, -0.2) is 12.1 Å². The van der Waals surface area contributed by atoms with Crippen LogP contribution in [0.5, 0.6) is 5.75 Å². The number of allylic oxidation sites excluding steroid dienone is 3. The van der Waals surface area contributed by atoms with E-state index < -0.39 is 0 Å². The summed E-state index contributed by atoms with van der Waals surface area (Å²) in [6.45, 7) is 8.46. The van der Waals surface area contributed by atoms with Gasteiger partial charge in [-0.1, -0.05) is 26.0 Å². The number of rotatable bonds is 3. The van der Waals surface area contributed by atoms with Crippen molar-refractivity contribution >= 4 is 22.0 Å². The van der Waals surface area contributed by atoms with Crippen molar-refractivity contribution in [2.24, 2.45) is 0 Å². The second kappa shape index (κ2) is 6.81. The van der Waals surface area contributed by atoms with E-state index in [9.17, 15) is 0 Å². The summed E-state index contributed by atoms with van der Waals surface area (Å²) in [5.74, 6) is 0.857. The minimum absolute atomic E-state index is 0.146. The molecule has 134 valence electrons. The van der Waals surface area contributed by atoms with Gasteiger partial charge in [-0.05, 0) is 70.2 Å². The Hall–Kier alpha value is -2.25. The molecule has 0 unspecified atom stereocenters. The predicted octanol–water partition coefficient (Wildman–Crippen LogP) is 5.81. The maximum Gasteiger partial charge on any atom is 0.133 e. The van der Waals surface area contributed by atoms with Crippen molar-refractivity contribution in [3.8, 4) is 11.8 Å². The van der Waals surface area contributed by atoms with Crippen LogP contribution in [0.1, 0.15) is 54.4 Å². The molecule has 3 nitrogen and oxygen atoms in total. The van der Waals surface area contributed by atoms with Gasteiger partial charge in [-0.2, -0.15) is 5.26 Å². The molecule has 1 heterocycles. The van der Waals surface area contributed by atoms with Crippen molar-refractivity contribution in [2.45, 2.75) is 39.5 Å². The second-order valence-electron chi connectivity index (χ2n) is 7.15. The van der Waals surface area contributed by atoms with Gasteiger partial charge in [-0.25, -0.2) is 0 Å². The Bertz CT molecular complexity index is 971. The van der Waals surface area contributed by atoms with Crippen LogP contribution in [0.3, 0.4) is 0 Å². The SMILES string of the molecule is C/C=C(C#N)\C=C/c1c(C)[nH]c2c1Cc1cc(Br)c(OC)cc1C2(C)C. The number of halogens is 1. The summed E-state index contributed by atoms with van der Waals surface area (Å²) in [7, 11) is 1.70. The zero-order valence-electron chi connectivity index (χ0n) is 15.8. The molecular weight excluding hydrogens is 388 g/mol. The highest BCUT2D eigenvalue weighted by Gasteiger charge is 2.36. The highest BCUT2D eigenvalue weighted by atomic mass is 79.9. The lowest BCUT2D eigenvalue weighted by Gasteiger charge is -2.33. The Kier molecular flexibility index (Phi) is 4.86. The molecule has 0 aliphatic heterocycles. The smallest absolute Gasteiger partial charge is 0.133 e. The molecule has 0 saturated heterocycles. The van der Waals surface area contributed by atoms with Crippen molar-refractivity contribution in [3.05, 3.63) is 68.0 Å². The van der Waals surface area contributed by atoms with E-state index in [0.717, 1.165) is 22.3 Å². The number of nitrogens with one attached hydrogen (secondary N) is 1. The van der Waals surface area contributed by atoms with Crippen molar-refractivity contribution in [1.82, 2.24) is 4.98 Å². The summed E-state index contributed by atoms with van der Waals surface area (Å²) in [4.78, 5) is 3.60. The third kappa shape index (κ3) is 2.91. The number of aromatic amines is 1. The monoisotopic (exact) mass is 410 g/mol. The average molecular weight is 411 g/mol. The quantitative estimate of drug-likeness (QED) is 0.512. The third-order valence-electron chi connectivity index (χ3n) is 5.26. The van der Waals surface area contributed by atoms with E-state index in [2.05, 4.69) is 66.0 Å². The normalized spacial score (nSPS) is 15.5. The fourth-order valence-corrected chi connectivity index (χ4v) is 4.36. The molecule has 0 radical (unpaired) electrons.